The predicted octanol–water partition coefficient (Wildman–Crippen LogP) is 4.66. The monoisotopic (exact) mass is 315 g/mol. The highest BCUT2D eigenvalue weighted by Crippen LogP contribution is 2.29. The summed E-state index contributed by atoms with van der Waals surface area (Å²) in [4.78, 5) is 12.4. The number of hydrogen-bond acceptors (Lipinski definition) is 3. The number of ether oxygens (including phenoxy) is 1. The number of para-hydroxylation sites is 1. The van der Waals surface area contributed by atoms with E-state index in [9.17, 15) is 4.79 Å². The molecule has 1 heterocycles. The van der Waals surface area contributed by atoms with Crippen LogP contribution in [-0.2, 0) is 0 Å². The number of carbonyl (C=O) groups excluding carboxylic acids is 1. The molecule has 0 spiro atoms. The SMILES string of the molecule is COc1ccc(Cl)cc1NC(=O)c1cc2cccc(C)c2o1. The van der Waals surface area contributed by atoms with Crippen molar-refractivity contribution in [3.63, 3.8) is 0 Å². The van der Waals surface area contributed by atoms with Crippen LogP contribution in [0.4, 0.5) is 5.69 Å². The van der Waals surface area contributed by atoms with E-state index < -0.39 is 0 Å². The topological polar surface area (TPSA) is 51.5 Å². The van der Waals surface area contributed by atoms with Gasteiger partial charge < -0.3 is 14.5 Å². The Morgan fingerprint density at radius 3 is 2.77 bits per heavy atom. The van der Waals surface area contributed by atoms with Gasteiger partial charge in [0, 0.05) is 10.4 Å². The molecule has 0 unspecified atom stereocenters. The highest BCUT2D eigenvalue weighted by Gasteiger charge is 2.15. The van der Waals surface area contributed by atoms with Crippen molar-refractivity contribution in [2.45, 2.75) is 6.92 Å². The van der Waals surface area contributed by atoms with Crippen LogP contribution in [0.3, 0.4) is 0 Å². The van der Waals surface area contributed by atoms with Crippen molar-refractivity contribution in [2.24, 2.45) is 0 Å². The summed E-state index contributed by atoms with van der Waals surface area (Å²) in [5.41, 5.74) is 2.19. The molecule has 0 aliphatic carbocycles. The first-order chi connectivity index (χ1) is 10.6. The molecule has 0 saturated carbocycles. The zero-order valence-electron chi connectivity index (χ0n) is 12.1. The minimum atomic E-state index is -0.351. The van der Waals surface area contributed by atoms with Crippen molar-refractivity contribution in [1.29, 1.82) is 0 Å². The lowest BCUT2D eigenvalue weighted by molar-refractivity contribution is 0.0998. The summed E-state index contributed by atoms with van der Waals surface area (Å²) in [5.74, 6) is 0.424. The normalized spacial score (nSPS) is 10.7. The second-order valence-corrected chi connectivity index (χ2v) is 5.34. The maximum atomic E-state index is 12.4. The van der Waals surface area contributed by atoms with Gasteiger partial charge in [-0.1, -0.05) is 29.8 Å². The Labute approximate surface area is 132 Å². The summed E-state index contributed by atoms with van der Waals surface area (Å²) in [6, 6.07) is 12.5. The van der Waals surface area contributed by atoms with Crippen molar-refractivity contribution in [1.82, 2.24) is 0 Å². The summed E-state index contributed by atoms with van der Waals surface area (Å²) < 4.78 is 10.9. The molecule has 0 bridgehead atoms. The predicted molar refractivity (Wildman–Crippen MR) is 86.9 cm³/mol. The molecule has 0 radical (unpaired) electrons. The molecule has 1 N–H and O–H groups in total. The van der Waals surface area contributed by atoms with Gasteiger partial charge in [-0.2, -0.15) is 0 Å². The second kappa shape index (κ2) is 5.73. The van der Waals surface area contributed by atoms with E-state index in [2.05, 4.69) is 5.32 Å². The molecule has 0 atom stereocenters. The lowest BCUT2D eigenvalue weighted by Gasteiger charge is -2.09. The average Bonchev–Trinajstić information content (AvgIpc) is 2.93. The van der Waals surface area contributed by atoms with Gasteiger partial charge in [0.15, 0.2) is 5.76 Å². The third kappa shape index (κ3) is 2.65. The molecule has 3 rings (SSSR count). The number of aryl methyl sites for hydroxylation is 1. The van der Waals surface area contributed by atoms with Gasteiger partial charge in [-0.05, 0) is 36.8 Å². The molecule has 4 nitrogen and oxygen atoms in total. The number of methoxy groups -OCH3 is 1. The van der Waals surface area contributed by atoms with Crippen LogP contribution >= 0.6 is 11.6 Å². The third-order valence-electron chi connectivity index (χ3n) is 3.37. The number of hydrogen-bond donors (Lipinski definition) is 1. The summed E-state index contributed by atoms with van der Waals surface area (Å²) in [5, 5.41) is 4.16. The Kier molecular flexibility index (Phi) is 3.77. The van der Waals surface area contributed by atoms with Crippen molar-refractivity contribution < 1.29 is 13.9 Å². The van der Waals surface area contributed by atoms with Gasteiger partial charge in [-0.3, -0.25) is 4.79 Å². The van der Waals surface area contributed by atoms with Crippen LogP contribution in [0.5, 0.6) is 5.75 Å². The molecule has 0 aliphatic rings. The first-order valence-corrected chi connectivity index (χ1v) is 7.10. The van der Waals surface area contributed by atoms with Crippen LogP contribution in [0, 0.1) is 6.92 Å². The Bertz CT molecular complexity index is 854. The molecule has 1 amide bonds. The van der Waals surface area contributed by atoms with Crippen LogP contribution in [-0.4, -0.2) is 13.0 Å². The number of benzene rings is 2. The van der Waals surface area contributed by atoms with E-state index in [1.165, 1.54) is 7.11 Å². The lowest BCUT2D eigenvalue weighted by atomic mass is 10.2. The fourth-order valence-corrected chi connectivity index (χ4v) is 2.45. The molecule has 1 aromatic heterocycles. The number of amides is 1. The largest absolute Gasteiger partial charge is 0.495 e. The maximum absolute atomic E-state index is 12.4. The lowest BCUT2D eigenvalue weighted by Crippen LogP contribution is -2.11. The zero-order chi connectivity index (χ0) is 15.7. The molecular formula is C17H14ClNO3. The first-order valence-electron chi connectivity index (χ1n) is 6.72. The van der Waals surface area contributed by atoms with Crippen molar-refractivity contribution in [3.05, 3.63) is 58.8 Å². The van der Waals surface area contributed by atoms with E-state index >= 15 is 0 Å². The van der Waals surface area contributed by atoms with E-state index in [1.807, 2.05) is 25.1 Å². The van der Waals surface area contributed by atoms with Gasteiger partial charge in [-0.15, -0.1) is 0 Å². The quantitative estimate of drug-likeness (QED) is 0.765. The Morgan fingerprint density at radius 1 is 1.23 bits per heavy atom. The second-order valence-electron chi connectivity index (χ2n) is 4.90. The van der Waals surface area contributed by atoms with Crippen molar-refractivity contribution in [3.8, 4) is 5.75 Å². The highest BCUT2D eigenvalue weighted by atomic mass is 35.5. The van der Waals surface area contributed by atoms with Gasteiger partial charge in [0.2, 0.25) is 0 Å². The number of carbonyl (C=O) groups is 1. The molecule has 3 aromatic rings. The standard InChI is InChI=1S/C17H14ClNO3/c1-10-4-3-5-11-8-15(22-16(10)11)17(20)19-13-9-12(18)6-7-14(13)21-2/h3-9H,1-2H3,(H,19,20). The van der Waals surface area contributed by atoms with Gasteiger partial charge in [0.1, 0.15) is 11.3 Å². The molecule has 0 saturated heterocycles. The van der Waals surface area contributed by atoms with E-state index in [0.29, 0.717) is 22.0 Å². The van der Waals surface area contributed by atoms with Gasteiger partial charge >= 0.3 is 0 Å². The number of furan rings is 1. The van der Waals surface area contributed by atoms with Gasteiger partial charge in [0.25, 0.3) is 5.91 Å². The van der Waals surface area contributed by atoms with E-state index in [-0.39, 0.29) is 11.7 Å². The van der Waals surface area contributed by atoms with Crippen molar-refractivity contribution >= 4 is 34.2 Å². The summed E-state index contributed by atoms with van der Waals surface area (Å²) in [6.07, 6.45) is 0. The number of fused-ring (bicyclic) bond motifs is 1. The molecule has 112 valence electrons. The molecule has 0 fully saturated rings. The van der Waals surface area contributed by atoms with Crippen LogP contribution in [0.25, 0.3) is 11.0 Å². The van der Waals surface area contributed by atoms with E-state index in [4.69, 9.17) is 20.8 Å². The summed E-state index contributed by atoms with van der Waals surface area (Å²) in [6.45, 7) is 1.94. The summed E-state index contributed by atoms with van der Waals surface area (Å²) >= 11 is 5.96. The smallest absolute Gasteiger partial charge is 0.291 e. The first kappa shape index (κ1) is 14.5. The highest BCUT2D eigenvalue weighted by molar-refractivity contribution is 6.31. The third-order valence-corrected chi connectivity index (χ3v) is 3.61. The molecule has 0 aliphatic heterocycles. The van der Waals surface area contributed by atoms with Crippen LogP contribution in [0.1, 0.15) is 16.1 Å². The van der Waals surface area contributed by atoms with Crippen LogP contribution in [0.2, 0.25) is 5.02 Å². The maximum Gasteiger partial charge on any atom is 0.291 e. The van der Waals surface area contributed by atoms with E-state index in [0.717, 1.165) is 10.9 Å². The Morgan fingerprint density at radius 2 is 2.05 bits per heavy atom. The number of nitrogens with one attached hydrogen (secondary N) is 1. The van der Waals surface area contributed by atoms with Gasteiger partial charge in [0.05, 0.1) is 12.8 Å². The fraction of sp³-hybridized carbons (Fsp3) is 0.118. The molecule has 22 heavy (non-hydrogen) atoms. The minimum Gasteiger partial charge on any atom is -0.495 e. The van der Waals surface area contributed by atoms with E-state index in [1.54, 1.807) is 24.3 Å². The van der Waals surface area contributed by atoms with Crippen LogP contribution in [0.15, 0.2) is 46.9 Å². The van der Waals surface area contributed by atoms with Gasteiger partial charge in [-0.25, -0.2) is 0 Å². The number of rotatable bonds is 3. The van der Waals surface area contributed by atoms with Crippen LogP contribution < -0.4 is 10.1 Å². The summed E-state index contributed by atoms with van der Waals surface area (Å²) in [7, 11) is 1.53. The Balaban J connectivity index is 1.93. The Hall–Kier alpha value is -2.46. The number of anilines is 1. The fourth-order valence-electron chi connectivity index (χ4n) is 2.28. The molecular weight excluding hydrogens is 302 g/mol. The zero-order valence-corrected chi connectivity index (χ0v) is 12.9. The molecule has 2 aromatic carbocycles. The number of halogens is 1. The molecule has 5 heteroatoms. The van der Waals surface area contributed by atoms with Crippen molar-refractivity contribution in [2.75, 3.05) is 12.4 Å². The minimum absolute atomic E-state index is 0.242. The average molecular weight is 316 g/mol.